The second-order valence-corrected chi connectivity index (χ2v) is 10.2. The van der Waals surface area contributed by atoms with Crippen molar-refractivity contribution in [1.82, 2.24) is 20.3 Å². The van der Waals surface area contributed by atoms with Crippen LogP contribution >= 0.6 is 11.3 Å². The Morgan fingerprint density at radius 2 is 1.74 bits per heavy atom. The Bertz CT molecular complexity index is 972. The van der Waals surface area contributed by atoms with Crippen molar-refractivity contribution in [2.24, 2.45) is 0 Å². The lowest BCUT2D eigenvalue weighted by molar-refractivity contribution is -0.120. The Kier molecular flexibility index (Phi) is 8.41. The van der Waals surface area contributed by atoms with Crippen molar-refractivity contribution >= 4 is 33.3 Å². The summed E-state index contributed by atoms with van der Waals surface area (Å²) in [6.07, 6.45) is 0.715. The van der Waals surface area contributed by atoms with Gasteiger partial charge in [-0.05, 0) is 24.1 Å². The van der Waals surface area contributed by atoms with E-state index in [0.717, 1.165) is 16.9 Å². The maximum Gasteiger partial charge on any atom is 0.315 e. The summed E-state index contributed by atoms with van der Waals surface area (Å²) in [5.74, 6) is -0.277. The van der Waals surface area contributed by atoms with E-state index in [4.69, 9.17) is 4.74 Å². The van der Waals surface area contributed by atoms with E-state index in [2.05, 4.69) is 16.0 Å². The third-order valence-electron chi connectivity index (χ3n) is 4.61. The molecular formula is C20H26N4O5S2. The lowest BCUT2D eigenvalue weighted by atomic mass is 10.1. The first-order chi connectivity index (χ1) is 14.9. The van der Waals surface area contributed by atoms with Crippen LogP contribution in [0.5, 0.6) is 0 Å². The Hall–Kier alpha value is -2.47. The summed E-state index contributed by atoms with van der Waals surface area (Å²) < 4.78 is 32.1. The fraction of sp³-hybridized carbons (Fsp3) is 0.400. The molecule has 1 aliphatic heterocycles. The highest BCUT2D eigenvalue weighted by Gasteiger charge is 2.27. The summed E-state index contributed by atoms with van der Waals surface area (Å²) in [4.78, 5) is 24.5. The van der Waals surface area contributed by atoms with E-state index < -0.39 is 16.1 Å². The van der Waals surface area contributed by atoms with Crippen LogP contribution in [-0.4, -0.2) is 64.1 Å². The molecular weight excluding hydrogens is 440 g/mol. The lowest BCUT2D eigenvalue weighted by Gasteiger charge is -2.25. The fourth-order valence-corrected chi connectivity index (χ4v) is 5.81. The van der Waals surface area contributed by atoms with Crippen molar-refractivity contribution in [2.75, 3.05) is 39.4 Å². The van der Waals surface area contributed by atoms with Gasteiger partial charge in [-0.2, -0.15) is 4.31 Å². The zero-order valence-electron chi connectivity index (χ0n) is 17.0. The van der Waals surface area contributed by atoms with E-state index >= 15 is 0 Å². The van der Waals surface area contributed by atoms with Gasteiger partial charge in [0.05, 0.1) is 26.3 Å². The van der Waals surface area contributed by atoms with Gasteiger partial charge in [-0.3, -0.25) is 4.79 Å². The molecule has 0 unspecified atom stereocenters. The standard InChI is InChI=1S/C20H26N4O5S2/c25-18(21-9-8-16-4-2-1-3-5-16)15-23-20(26)22-14-17-6-7-19(30-17)31(27,28)24-10-12-29-13-11-24/h1-7H,8-15H2,(H,21,25)(H2,22,23,26). The summed E-state index contributed by atoms with van der Waals surface area (Å²) in [5.41, 5.74) is 1.12. The molecule has 3 rings (SSSR count). The van der Waals surface area contributed by atoms with Crippen molar-refractivity contribution in [3.05, 3.63) is 52.9 Å². The summed E-state index contributed by atoms with van der Waals surface area (Å²) in [7, 11) is -3.54. The maximum absolute atomic E-state index is 12.6. The number of ether oxygens (including phenoxy) is 1. The molecule has 1 saturated heterocycles. The molecule has 1 aromatic carbocycles. The van der Waals surface area contributed by atoms with Gasteiger partial charge in [0.25, 0.3) is 10.0 Å². The Labute approximate surface area is 185 Å². The van der Waals surface area contributed by atoms with Gasteiger partial charge in [-0.25, -0.2) is 13.2 Å². The number of benzene rings is 1. The van der Waals surface area contributed by atoms with Gasteiger partial charge >= 0.3 is 6.03 Å². The number of morpholine rings is 1. The smallest absolute Gasteiger partial charge is 0.315 e. The molecule has 1 aliphatic rings. The van der Waals surface area contributed by atoms with Crippen LogP contribution in [0.2, 0.25) is 0 Å². The molecule has 0 spiro atoms. The molecule has 31 heavy (non-hydrogen) atoms. The molecule has 1 aromatic heterocycles. The molecule has 0 bridgehead atoms. The van der Waals surface area contributed by atoms with Gasteiger partial charge in [-0.15, -0.1) is 11.3 Å². The zero-order valence-corrected chi connectivity index (χ0v) is 18.6. The third-order valence-corrected chi connectivity index (χ3v) is 8.06. The summed E-state index contributed by atoms with van der Waals surface area (Å²) >= 11 is 1.12. The molecule has 2 heterocycles. The average molecular weight is 467 g/mol. The molecule has 168 valence electrons. The Balaban J connectivity index is 1.36. The van der Waals surface area contributed by atoms with E-state index in [1.807, 2.05) is 30.3 Å². The van der Waals surface area contributed by atoms with E-state index in [9.17, 15) is 18.0 Å². The summed E-state index contributed by atoms with van der Waals surface area (Å²) in [6.45, 7) is 1.97. The largest absolute Gasteiger partial charge is 0.379 e. The predicted molar refractivity (Wildman–Crippen MR) is 117 cm³/mol. The number of thiophene rings is 1. The quantitative estimate of drug-likeness (QED) is 0.508. The van der Waals surface area contributed by atoms with Crippen molar-refractivity contribution in [2.45, 2.75) is 17.2 Å². The monoisotopic (exact) mass is 466 g/mol. The molecule has 0 saturated carbocycles. The van der Waals surface area contributed by atoms with Crippen LogP contribution in [0.4, 0.5) is 4.79 Å². The first-order valence-electron chi connectivity index (χ1n) is 9.94. The van der Waals surface area contributed by atoms with E-state index in [-0.39, 0.29) is 23.2 Å². The van der Waals surface area contributed by atoms with Gasteiger partial charge in [0.2, 0.25) is 5.91 Å². The highest BCUT2D eigenvalue weighted by Crippen LogP contribution is 2.25. The number of amides is 3. The number of sulfonamides is 1. The summed E-state index contributed by atoms with van der Waals surface area (Å²) in [5, 5.41) is 7.88. The minimum atomic E-state index is -3.54. The van der Waals surface area contributed by atoms with Crippen molar-refractivity contribution in [1.29, 1.82) is 0 Å². The van der Waals surface area contributed by atoms with E-state index in [1.54, 1.807) is 12.1 Å². The number of nitrogens with zero attached hydrogens (tertiary/aromatic N) is 1. The molecule has 0 aliphatic carbocycles. The van der Waals surface area contributed by atoms with Crippen LogP contribution in [0.25, 0.3) is 0 Å². The van der Waals surface area contributed by atoms with Crippen LogP contribution in [0.3, 0.4) is 0 Å². The first kappa shape index (κ1) is 23.2. The fourth-order valence-electron chi connectivity index (χ4n) is 2.95. The molecule has 0 radical (unpaired) electrons. The number of urea groups is 1. The van der Waals surface area contributed by atoms with E-state index in [1.165, 1.54) is 4.31 Å². The van der Waals surface area contributed by atoms with Crippen LogP contribution in [0, 0.1) is 0 Å². The Morgan fingerprint density at radius 1 is 1.00 bits per heavy atom. The van der Waals surface area contributed by atoms with Crippen LogP contribution in [0.1, 0.15) is 10.4 Å². The number of hydrogen-bond donors (Lipinski definition) is 3. The number of hydrogen-bond acceptors (Lipinski definition) is 6. The number of carbonyl (C=O) groups is 2. The number of carbonyl (C=O) groups excluding carboxylic acids is 2. The Morgan fingerprint density at radius 3 is 2.48 bits per heavy atom. The van der Waals surface area contributed by atoms with Crippen molar-refractivity contribution in [3.63, 3.8) is 0 Å². The highest BCUT2D eigenvalue weighted by atomic mass is 32.2. The van der Waals surface area contributed by atoms with Crippen LogP contribution in [0.15, 0.2) is 46.7 Å². The second kappa shape index (κ2) is 11.2. The average Bonchev–Trinajstić information content (AvgIpc) is 3.28. The molecule has 3 N–H and O–H groups in total. The van der Waals surface area contributed by atoms with Gasteiger partial charge in [0.1, 0.15) is 4.21 Å². The minimum Gasteiger partial charge on any atom is -0.379 e. The van der Waals surface area contributed by atoms with Crippen LogP contribution in [-0.2, 0) is 32.5 Å². The molecule has 2 aromatic rings. The molecule has 0 atom stereocenters. The van der Waals surface area contributed by atoms with E-state index in [0.29, 0.717) is 44.1 Å². The minimum absolute atomic E-state index is 0.137. The normalized spacial score (nSPS) is 14.7. The molecule has 3 amide bonds. The van der Waals surface area contributed by atoms with Crippen LogP contribution < -0.4 is 16.0 Å². The molecule has 1 fully saturated rings. The topological polar surface area (TPSA) is 117 Å². The SMILES string of the molecule is O=C(CNC(=O)NCc1ccc(S(=O)(=O)N2CCOCC2)s1)NCCc1ccccc1. The number of nitrogens with one attached hydrogen (secondary N) is 3. The summed E-state index contributed by atoms with van der Waals surface area (Å²) in [6, 6.07) is 12.5. The third kappa shape index (κ3) is 7.03. The van der Waals surface area contributed by atoms with Crippen molar-refractivity contribution in [3.8, 4) is 0 Å². The van der Waals surface area contributed by atoms with Gasteiger partial charge in [0, 0.05) is 24.5 Å². The van der Waals surface area contributed by atoms with Gasteiger partial charge in [-0.1, -0.05) is 30.3 Å². The predicted octanol–water partition coefficient (Wildman–Crippen LogP) is 0.927. The zero-order chi connectivity index (χ0) is 22.1. The van der Waals surface area contributed by atoms with Gasteiger partial charge in [0.15, 0.2) is 0 Å². The first-order valence-corrected chi connectivity index (χ1v) is 12.2. The highest BCUT2D eigenvalue weighted by molar-refractivity contribution is 7.91. The number of rotatable bonds is 9. The lowest BCUT2D eigenvalue weighted by Crippen LogP contribution is -2.42. The second-order valence-electron chi connectivity index (χ2n) is 6.86. The molecule has 9 nitrogen and oxygen atoms in total. The molecule has 11 heteroatoms. The maximum atomic E-state index is 12.6. The van der Waals surface area contributed by atoms with Crippen molar-refractivity contribution < 1.29 is 22.7 Å². The van der Waals surface area contributed by atoms with Gasteiger partial charge < -0.3 is 20.7 Å².